The number of nitrogens with zero attached hydrogens (tertiary/aromatic N) is 1. The lowest BCUT2D eigenvalue weighted by molar-refractivity contribution is -0.123. The fourth-order valence-electron chi connectivity index (χ4n) is 2.21. The van der Waals surface area contributed by atoms with E-state index in [1.165, 1.54) is 13.8 Å². The highest BCUT2D eigenvalue weighted by atomic mass is 16.5. The zero-order valence-corrected chi connectivity index (χ0v) is 15.3. The van der Waals surface area contributed by atoms with Crippen molar-refractivity contribution in [1.29, 1.82) is 0 Å². The number of hydrogen-bond donors (Lipinski definition) is 1. The van der Waals surface area contributed by atoms with Gasteiger partial charge in [0.05, 0.1) is 5.56 Å². The van der Waals surface area contributed by atoms with Crippen LogP contribution in [0.4, 0.5) is 11.4 Å². The van der Waals surface area contributed by atoms with Crippen LogP contribution in [0, 0.1) is 0 Å². The highest BCUT2D eigenvalue weighted by molar-refractivity contribution is 5.98. The summed E-state index contributed by atoms with van der Waals surface area (Å²) in [5.41, 5.74) is 2.42. The first-order chi connectivity index (χ1) is 12.3. The normalized spacial score (nSPS) is 11.4. The van der Waals surface area contributed by atoms with Crippen LogP contribution < -0.4 is 10.2 Å². The lowest BCUT2D eigenvalue weighted by atomic mass is 10.1. The molecule has 0 aliphatic rings. The second-order valence-electron chi connectivity index (χ2n) is 6.11. The van der Waals surface area contributed by atoms with Gasteiger partial charge in [-0.05, 0) is 62.4 Å². The van der Waals surface area contributed by atoms with Gasteiger partial charge in [-0.15, -0.1) is 0 Å². The van der Waals surface area contributed by atoms with E-state index < -0.39 is 18.0 Å². The van der Waals surface area contributed by atoms with E-state index in [1.807, 2.05) is 19.0 Å². The molecule has 0 saturated carbocycles. The van der Waals surface area contributed by atoms with Gasteiger partial charge in [-0.3, -0.25) is 9.59 Å². The standard InChI is InChI=1S/C20H22N2O4/c1-13(23)15-5-9-17(10-6-15)21-19(24)14(2)26-20(25)16-7-11-18(12-8-16)22(3)4/h5-12,14H,1-4H3,(H,21,24)/t14-/m1/s1. The molecule has 0 fully saturated rings. The molecule has 0 aliphatic carbocycles. The largest absolute Gasteiger partial charge is 0.449 e. The third kappa shape index (κ3) is 4.92. The van der Waals surface area contributed by atoms with Crippen LogP contribution in [0.25, 0.3) is 0 Å². The second-order valence-corrected chi connectivity index (χ2v) is 6.11. The smallest absolute Gasteiger partial charge is 0.338 e. The molecule has 0 unspecified atom stereocenters. The van der Waals surface area contributed by atoms with Crippen LogP contribution in [0.3, 0.4) is 0 Å². The van der Waals surface area contributed by atoms with Gasteiger partial charge in [-0.1, -0.05) is 0 Å². The van der Waals surface area contributed by atoms with Crippen LogP contribution >= 0.6 is 0 Å². The molecule has 0 saturated heterocycles. The van der Waals surface area contributed by atoms with Crippen molar-refractivity contribution < 1.29 is 19.1 Å². The summed E-state index contributed by atoms with van der Waals surface area (Å²) in [5, 5.41) is 2.65. The quantitative estimate of drug-likeness (QED) is 0.637. The van der Waals surface area contributed by atoms with E-state index in [0.29, 0.717) is 16.8 Å². The van der Waals surface area contributed by atoms with Gasteiger partial charge in [-0.2, -0.15) is 0 Å². The first-order valence-corrected chi connectivity index (χ1v) is 8.18. The summed E-state index contributed by atoms with van der Waals surface area (Å²) in [6.45, 7) is 2.98. The predicted molar refractivity (Wildman–Crippen MR) is 101 cm³/mol. The molecular weight excluding hydrogens is 332 g/mol. The number of benzene rings is 2. The number of anilines is 2. The number of hydrogen-bond acceptors (Lipinski definition) is 5. The van der Waals surface area contributed by atoms with Gasteiger partial charge in [0, 0.05) is 31.0 Å². The van der Waals surface area contributed by atoms with Gasteiger partial charge in [0.2, 0.25) is 0 Å². The maximum absolute atomic E-state index is 12.2. The summed E-state index contributed by atoms with van der Waals surface area (Å²) in [4.78, 5) is 37.5. The molecule has 26 heavy (non-hydrogen) atoms. The van der Waals surface area contributed by atoms with Crippen molar-refractivity contribution in [2.45, 2.75) is 20.0 Å². The average Bonchev–Trinajstić information content (AvgIpc) is 2.62. The molecule has 1 N–H and O–H groups in total. The molecule has 0 radical (unpaired) electrons. The monoisotopic (exact) mass is 354 g/mol. The van der Waals surface area contributed by atoms with Gasteiger partial charge in [0.25, 0.3) is 5.91 Å². The van der Waals surface area contributed by atoms with Gasteiger partial charge < -0.3 is 15.0 Å². The zero-order chi connectivity index (χ0) is 19.3. The minimum Gasteiger partial charge on any atom is -0.449 e. The van der Waals surface area contributed by atoms with Crippen LogP contribution in [0.15, 0.2) is 48.5 Å². The molecule has 6 nitrogen and oxygen atoms in total. The van der Waals surface area contributed by atoms with Crippen LogP contribution in [0.1, 0.15) is 34.6 Å². The Morgan fingerprint density at radius 2 is 1.46 bits per heavy atom. The molecule has 1 atom stereocenters. The molecule has 136 valence electrons. The average molecular weight is 354 g/mol. The Balaban J connectivity index is 1.95. The number of nitrogens with one attached hydrogen (secondary N) is 1. The zero-order valence-electron chi connectivity index (χ0n) is 15.3. The fourth-order valence-corrected chi connectivity index (χ4v) is 2.21. The van der Waals surface area contributed by atoms with E-state index >= 15 is 0 Å². The van der Waals surface area contributed by atoms with E-state index in [4.69, 9.17) is 4.74 Å². The highest BCUT2D eigenvalue weighted by Gasteiger charge is 2.19. The van der Waals surface area contributed by atoms with E-state index in [-0.39, 0.29) is 5.78 Å². The Morgan fingerprint density at radius 3 is 1.96 bits per heavy atom. The fraction of sp³-hybridized carbons (Fsp3) is 0.250. The topological polar surface area (TPSA) is 75.7 Å². The number of amides is 1. The van der Waals surface area contributed by atoms with Gasteiger partial charge >= 0.3 is 5.97 Å². The first-order valence-electron chi connectivity index (χ1n) is 8.18. The van der Waals surface area contributed by atoms with Gasteiger partial charge in [0.1, 0.15) is 0 Å². The summed E-state index contributed by atoms with van der Waals surface area (Å²) in [5.74, 6) is -1.06. The number of rotatable bonds is 6. The molecular formula is C20H22N2O4. The van der Waals surface area contributed by atoms with Crippen LogP contribution in [-0.4, -0.2) is 37.9 Å². The van der Waals surface area contributed by atoms with Crippen molar-refractivity contribution in [2.24, 2.45) is 0 Å². The summed E-state index contributed by atoms with van der Waals surface area (Å²) >= 11 is 0. The number of ether oxygens (including phenoxy) is 1. The van der Waals surface area contributed by atoms with Crippen LogP contribution in [0.5, 0.6) is 0 Å². The molecule has 0 bridgehead atoms. The van der Waals surface area contributed by atoms with Crippen LogP contribution in [-0.2, 0) is 9.53 Å². The second kappa shape index (κ2) is 8.29. The van der Waals surface area contributed by atoms with Gasteiger partial charge in [-0.25, -0.2) is 4.79 Å². The molecule has 2 aromatic carbocycles. The Labute approximate surface area is 152 Å². The SMILES string of the molecule is CC(=O)c1ccc(NC(=O)[C@@H](C)OC(=O)c2ccc(N(C)C)cc2)cc1. The lowest BCUT2D eigenvalue weighted by Gasteiger charge is -2.15. The summed E-state index contributed by atoms with van der Waals surface area (Å²) in [6, 6.07) is 13.4. The molecule has 1 amide bonds. The number of Topliss-reactive ketones (excluding diaryl/α,β-unsaturated/α-hetero) is 1. The Hall–Kier alpha value is -3.15. The Morgan fingerprint density at radius 1 is 0.923 bits per heavy atom. The maximum Gasteiger partial charge on any atom is 0.338 e. The molecule has 2 rings (SSSR count). The Bertz CT molecular complexity index is 796. The van der Waals surface area contributed by atoms with Crippen LogP contribution in [0.2, 0.25) is 0 Å². The number of ketones is 1. The van der Waals surface area contributed by atoms with E-state index in [0.717, 1.165) is 5.69 Å². The molecule has 2 aromatic rings. The molecule has 6 heteroatoms. The minimum atomic E-state index is -0.955. The predicted octanol–water partition coefficient (Wildman–Crippen LogP) is 3.14. The lowest BCUT2D eigenvalue weighted by Crippen LogP contribution is -2.30. The van der Waals surface area contributed by atoms with Crippen molar-refractivity contribution >= 4 is 29.0 Å². The Kier molecular flexibility index (Phi) is 6.11. The molecule has 0 aliphatic heterocycles. The maximum atomic E-state index is 12.2. The summed E-state index contributed by atoms with van der Waals surface area (Å²) in [7, 11) is 3.81. The van der Waals surface area contributed by atoms with Crippen molar-refractivity contribution in [1.82, 2.24) is 0 Å². The molecule has 0 aromatic heterocycles. The van der Waals surface area contributed by atoms with Crippen molar-refractivity contribution in [3.63, 3.8) is 0 Å². The number of esters is 1. The molecule has 0 spiro atoms. The van der Waals surface area contributed by atoms with Crippen molar-refractivity contribution in [3.8, 4) is 0 Å². The van der Waals surface area contributed by atoms with Crippen molar-refractivity contribution in [2.75, 3.05) is 24.3 Å². The molecule has 0 heterocycles. The van der Waals surface area contributed by atoms with Gasteiger partial charge in [0.15, 0.2) is 11.9 Å². The summed E-state index contributed by atoms with van der Waals surface area (Å²) < 4.78 is 5.21. The third-order valence-corrected chi connectivity index (χ3v) is 3.83. The highest BCUT2D eigenvalue weighted by Crippen LogP contribution is 2.14. The number of carbonyl (C=O) groups excluding carboxylic acids is 3. The van der Waals surface area contributed by atoms with E-state index in [1.54, 1.807) is 48.5 Å². The first kappa shape index (κ1) is 19.2. The minimum absolute atomic E-state index is 0.0505. The number of carbonyl (C=O) groups is 3. The third-order valence-electron chi connectivity index (χ3n) is 3.83. The van der Waals surface area contributed by atoms with E-state index in [2.05, 4.69) is 5.32 Å². The van der Waals surface area contributed by atoms with E-state index in [9.17, 15) is 14.4 Å². The summed E-state index contributed by atoms with van der Waals surface area (Å²) in [6.07, 6.45) is -0.955. The van der Waals surface area contributed by atoms with Crippen molar-refractivity contribution in [3.05, 3.63) is 59.7 Å².